The minimum atomic E-state index is -0.298. The molecule has 0 aromatic carbocycles. The molecule has 0 aromatic heterocycles. The summed E-state index contributed by atoms with van der Waals surface area (Å²) in [5.41, 5.74) is 5.79. The van der Waals surface area contributed by atoms with Crippen molar-refractivity contribution in [1.82, 2.24) is 5.32 Å². The van der Waals surface area contributed by atoms with Crippen LogP contribution in [0, 0.1) is 5.92 Å². The van der Waals surface area contributed by atoms with Crippen molar-refractivity contribution >= 4 is 22.9 Å². The van der Waals surface area contributed by atoms with E-state index in [1.54, 1.807) is 11.8 Å². The van der Waals surface area contributed by atoms with Crippen molar-refractivity contribution in [2.75, 3.05) is 5.75 Å². The van der Waals surface area contributed by atoms with Crippen molar-refractivity contribution < 1.29 is 9.53 Å². The summed E-state index contributed by atoms with van der Waals surface area (Å²) in [7, 11) is 0. The Bertz CT molecular complexity index is 352. The highest BCUT2D eigenvalue weighted by molar-refractivity contribution is 8.14. The summed E-state index contributed by atoms with van der Waals surface area (Å²) in [6.07, 6.45) is 3.75. The molecule has 19 heavy (non-hydrogen) atoms. The zero-order valence-corrected chi connectivity index (χ0v) is 12.4. The number of nitrogens with zero attached hydrogens (tertiary/aromatic N) is 1. The predicted molar refractivity (Wildman–Crippen MR) is 78.4 cm³/mol. The van der Waals surface area contributed by atoms with Crippen LogP contribution in [-0.4, -0.2) is 35.2 Å². The molecule has 1 aliphatic carbocycles. The van der Waals surface area contributed by atoms with Gasteiger partial charge in [0.1, 0.15) is 6.17 Å². The average molecular weight is 285 g/mol. The zero-order chi connectivity index (χ0) is 13.8. The lowest BCUT2D eigenvalue weighted by Crippen LogP contribution is -2.39. The second-order valence-corrected chi connectivity index (χ2v) is 6.53. The van der Waals surface area contributed by atoms with Crippen LogP contribution in [0.2, 0.25) is 0 Å². The van der Waals surface area contributed by atoms with E-state index in [1.165, 1.54) is 5.04 Å². The van der Waals surface area contributed by atoms with Crippen molar-refractivity contribution in [3.05, 3.63) is 0 Å². The van der Waals surface area contributed by atoms with Crippen LogP contribution in [0.25, 0.3) is 0 Å². The Morgan fingerprint density at radius 1 is 1.42 bits per heavy atom. The van der Waals surface area contributed by atoms with Crippen molar-refractivity contribution in [3.63, 3.8) is 0 Å². The van der Waals surface area contributed by atoms with Gasteiger partial charge >= 0.3 is 6.09 Å². The number of carbonyl (C=O) groups excluding carboxylic acids is 1. The normalized spacial score (nSPS) is 31.2. The number of hydrogen-bond acceptors (Lipinski definition) is 5. The number of nitrogens with two attached hydrogens (primary N) is 1. The molecule has 0 aromatic rings. The van der Waals surface area contributed by atoms with Gasteiger partial charge in [-0.25, -0.2) is 4.79 Å². The molecule has 1 saturated carbocycles. The molecule has 0 saturated heterocycles. The van der Waals surface area contributed by atoms with Crippen LogP contribution in [0.1, 0.15) is 39.5 Å². The summed E-state index contributed by atoms with van der Waals surface area (Å²) in [4.78, 5) is 16.0. The van der Waals surface area contributed by atoms with Gasteiger partial charge < -0.3 is 15.8 Å². The number of nitrogens with one attached hydrogen (secondary N) is 1. The molecule has 1 aliphatic heterocycles. The fourth-order valence-corrected chi connectivity index (χ4v) is 3.63. The van der Waals surface area contributed by atoms with Crippen LogP contribution in [-0.2, 0) is 4.74 Å². The number of carbonyl (C=O) groups is 1. The van der Waals surface area contributed by atoms with Gasteiger partial charge in [-0.3, -0.25) is 4.99 Å². The topological polar surface area (TPSA) is 76.7 Å². The number of alkyl carbamates (subject to hydrolysis) is 1. The van der Waals surface area contributed by atoms with Gasteiger partial charge in [-0.15, -0.1) is 11.8 Å². The van der Waals surface area contributed by atoms with Gasteiger partial charge in [0.2, 0.25) is 0 Å². The highest BCUT2D eigenvalue weighted by Crippen LogP contribution is 2.32. The summed E-state index contributed by atoms with van der Waals surface area (Å²) in [5, 5.41) is 4.16. The Kier molecular flexibility index (Phi) is 5.10. The number of aliphatic imine (C=N–C) groups is 1. The molecule has 1 amide bonds. The first kappa shape index (κ1) is 14.7. The monoisotopic (exact) mass is 285 g/mol. The first-order valence-corrected chi connectivity index (χ1v) is 7.96. The second kappa shape index (κ2) is 6.61. The summed E-state index contributed by atoms with van der Waals surface area (Å²) in [5.74, 6) is 1.45. The lowest BCUT2D eigenvalue weighted by molar-refractivity contribution is 0.109. The minimum absolute atomic E-state index is 0.0168. The van der Waals surface area contributed by atoms with Crippen LogP contribution in [0.3, 0.4) is 0 Å². The number of thioether (sulfide) groups is 1. The maximum absolute atomic E-state index is 11.5. The highest BCUT2D eigenvalue weighted by Gasteiger charge is 2.29. The van der Waals surface area contributed by atoms with E-state index in [0.29, 0.717) is 5.92 Å². The first-order valence-electron chi connectivity index (χ1n) is 6.98. The summed E-state index contributed by atoms with van der Waals surface area (Å²) >= 11 is 1.79. The van der Waals surface area contributed by atoms with Crippen molar-refractivity contribution in [1.29, 1.82) is 0 Å². The van der Waals surface area contributed by atoms with Gasteiger partial charge in [0.25, 0.3) is 0 Å². The fourth-order valence-electron chi connectivity index (χ4n) is 2.53. The van der Waals surface area contributed by atoms with E-state index in [0.717, 1.165) is 31.4 Å². The summed E-state index contributed by atoms with van der Waals surface area (Å²) in [6.45, 7) is 3.71. The Balaban J connectivity index is 1.73. The number of hydrogen-bond donors (Lipinski definition) is 2. The molecule has 5 nitrogen and oxygen atoms in total. The molecule has 0 radical (unpaired) electrons. The van der Waals surface area contributed by atoms with Crippen LogP contribution < -0.4 is 11.1 Å². The van der Waals surface area contributed by atoms with E-state index in [2.05, 4.69) is 10.3 Å². The molecule has 2 rings (SSSR count). The van der Waals surface area contributed by atoms with Gasteiger partial charge in [0, 0.05) is 17.7 Å². The largest absolute Gasteiger partial charge is 0.447 e. The fraction of sp³-hybridized carbons (Fsp3) is 0.846. The molecule has 108 valence electrons. The van der Waals surface area contributed by atoms with Crippen molar-refractivity contribution in [2.24, 2.45) is 16.6 Å². The Morgan fingerprint density at radius 3 is 2.63 bits per heavy atom. The number of amides is 1. The lowest BCUT2D eigenvalue weighted by Gasteiger charge is -2.28. The smallest absolute Gasteiger partial charge is 0.407 e. The molecule has 1 fully saturated rings. The highest BCUT2D eigenvalue weighted by atomic mass is 32.2. The summed E-state index contributed by atoms with van der Waals surface area (Å²) < 4.78 is 5.10. The van der Waals surface area contributed by atoms with Gasteiger partial charge in [-0.1, -0.05) is 0 Å². The van der Waals surface area contributed by atoms with E-state index < -0.39 is 0 Å². The van der Waals surface area contributed by atoms with Crippen LogP contribution in [0.5, 0.6) is 0 Å². The first-order chi connectivity index (χ1) is 9.04. The Labute approximate surface area is 118 Å². The SMILES string of the molecule is CC(C)OC(=O)NC1CCC(C2=NC(N)CS2)CC1. The maximum atomic E-state index is 11.5. The predicted octanol–water partition coefficient (Wildman–Crippen LogP) is 2.11. The average Bonchev–Trinajstić information content (AvgIpc) is 2.75. The molecule has 1 heterocycles. The van der Waals surface area contributed by atoms with E-state index in [1.807, 2.05) is 13.8 Å². The van der Waals surface area contributed by atoms with Crippen LogP contribution in [0.15, 0.2) is 4.99 Å². The van der Waals surface area contributed by atoms with Gasteiger partial charge in [0.05, 0.1) is 11.1 Å². The van der Waals surface area contributed by atoms with E-state index >= 15 is 0 Å². The third-order valence-corrected chi connectivity index (χ3v) is 4.68. The molecule has 1 atom stereocenters. The van der Waals surface area contributed by atoms with E-state index in [4.69, 9.17) is 10.5 Å². The summed E-state index contributed by atoms with van der Waals surface area (Å²) in [6, 6.07) is 0.239. The molecule has 0 bridgehead atoms. The quantitative estimate of drug-likeness (QED) is 0.832. The molecular weight excluding hydrogens is 262 g/mol. The third kappa shape index (κ3) is 4.38. The van der Waals surface area contributed by atoms with E-state index in [9.17, 15) is 4.79 Å². The minimum Gasteiger partial charge on any atom is -0.447 e. The molecule has 1 unspecified atom stereocenters. The van der Waals surface area contributed by atoms with Gasteiger partial charge in [0.15, 0.2) is 0 Å². The molecule has 3 N–H and O–H groups in total. The maximum Gasteiger partial charge on any atom is 0.407 e. The molecular formula is C13H23N3O2S. The standard InChI is InChI=1S/C13H23N3O2S/c1-8(2)18-13(17)15-10-5-3-9(4-6-10)12-16-11(14)7-19-12/h8-11H,3-7,14H2,1-2H3,(H,15,17). The van der Waals surface area contributed by atoms with Gasteiger partial charge in [-0.2, -0.15) is 0 Å². The van der Waals surface area contributed by atoms with Crippen molar-refractivity contribution in [2.45, 2.75) is 57.8 Å². The number of ether oxygens (including phenoxy) is 1. The number of rotatable bonds is 3. The molecule has 2 aliphatic rings. The molecule has 0 spiro atoms. The third-order valence-electron chi connectivity index (χ3n) is 3.44. The second-order valence-electron chi connectivity index (χ2n) is 5.49. The Morgan fingerprint density at radius 2 is 2.11 bits per heavy atom. The zero-order valence-electron chi connectivity index (χ0n) is 11.6. The van der Waals surface area contributed by atoms with E-state index in [-0.39, 0.29) is 24.4 Å². The van der Waals surface area contributed by atoms with Crippen molar-refractivity contribution in [3.8, 4) is 0 Å². The van der Waals surface area contributed by atoms with Crippen LogP contribution >= 0.6 is 11.8 Å². The van der Waals surface area contributed by atoms with Crippen LogP contribution in [0.4, 0.5) is 4.79 Å². The van der Waals surface area contributed by atoms with Gasteiger partial charge in [-0.05, 0) is 39.5 Å². The lowest BCUT2D eigenvalue weighted by atomic mass is 9.86. The Hall–Kier alpha value is -0.750. The molecule has 6 heteroatoms.